The Morgan fingerprint density at radius 3 is 1.50 bits per heavy atom. The van der Waals surface area contributed by atoms with Crippen molar-refractivity contribution in [1.82, 2.24) is 14.8 Å². The van der Waals surface area contributed by atoms with Crippen molar-refractivity contribution in [3.63, 3.8) is 0 Å². The molecule has 0 saturated carbocycles. The highest BCUT2D eigenvalue weighted by Gasteiger charge is 2.25. The van der Waals surface area contributed by atoms with E-state index >= 15 is 0 Å². The van der Waals surface area contributed by atoms with Gasteiger partial charge in [-0.1, -0.05) is 54.6 Å². The monoisotopic (exact) mass is 397 g/mol. The van der Waals surface area contributed by atoms with Crippen molar-refractivity contribution >= 4 is 11.8 Å². The first-order valence-electron chi connectivity index (χ1n) is 10.4. The van der Waals surface area contributed by atoms with E-state index in [1.807, 2.05) is 34.1 Å². The number of carbonyl (C=O) groups is 2. The van der Waals surface area contributed by atoms with Crippen molar-refractivity contribution in [1.29, 1.82) is 0 Å². The van der Waals surface area contributed by atoms with Crippen LogP contribution >= 0.6 is 0 Å². The van der Waals surface area contributed by atoms with Gasteiger partial charge in [0.1, 0.15) is 11.4 Å². The molecule has 1 aromatic heterocycles. The van der Waals surface area contributed by atoms with Crippen LogP contribution in [-0.2, 0) is 25.9 Å². The summed E-state index contributed by atoms with van der Waals surface area (Å²) in [4.78, 5) is 34.2. The predicted molar refractivity (Wildman–Crippen MR) is 114 cm³/mol. The van der Waals surface area contributed by atoms with Gasteiger partial charge >= 0.3 is 0 Å². The maximum Gasteiger partial charge on any atom is 0.272 e. The van der Waals surface area contributed by atoms with Crippen molar-refractivity contribution in [2.45, 2.75) is 25.9 Å². The van der Waals surface area contributed by atoms with E-state index in [0.717, 1.165) is 12.8 Å². The summed E-state index contributed by atoms with van der Waals surface area (Å²) in [6.45, 7) is 2.49. The fourth-order valence-electron chi connectivity index (χ4n) is 4.34. The standard InChI is InChI=1S/C25H23N3O2/c29-24(27-14-12-18-6-1-3-8-20(18)16-27)22-10-5-11-23(26-22)25(30)28-15-13-19-7-2-4-9-21(19)17-28/h1-11H,12-17H2. The lowest BCUT2D eigenvalue weighted by atomic mass is 9.99. The molecule has 0 aliphatic carbocycles. The third-order valence-electron chi connectivity index (χ3n) is 6.02. The second-order valence-corrected chi connectivity index (χ2v) is 7.90. The molecule has 0 saturated heterocycles. The van der Waals surface area contributed by atoms with Gasteiger partial charge in [0.25, 0.3) is 11.8 Å². The van der Waals surface area contributed by atoms with Crippen LogP contribution in [0.3, 0.4) is 0 Å². The van der Waals surface area contributed by atoms with Crippen molar-refractivity contribution in [2.75, 3.05) is 13.1 Å². The average molecular weight is 397 g/mol. The smallest absolute Gasteiger partial charge is 0.272 e. The molecule has 2 amide bonds. The molecule has 2 aliphatic heterocycles. The molecule has 30 heavy (non-hydrogen) atoms. The van der Waals surface area contributed by atoms with Gasteiger partial charge in [-0.3, -0.25) is 9.59 Å². The van der Waals surface area contributed by atoms with Gasteiger partial charge in [-0.2, -0.15) is 0 Å². The number of hydrogen-bond donors (Lipinski definition) is 0. The highest BCUT2D eigenvalue weighted by molar-refractivity contribution is 5.96. The lowest BCUT2D eigenvalue weighted by molar-refractivity contribution is 0.0721. The van der Waals surface area contributed by atoms with E-state index < -0.39 is 0 Å². The van der Waals surface area contributed by atoms with Gasteiger partial charge < -0.3 is 9.80 Å². The van der Waals surface area contributed by atoms with E-state index in [0.29, 0.717) is 37.6 Å². The largest absolute Gasteiger partial charge is 0.333 e. The Morgan fingerprint density at radius 2 is 1.03 bits per heavy atom. The number of carbonyl (C=O) groups excluding carboxylic acids is 2. The van der Waals surface area contributed by atoms with E-state index in [4.69, 9.17) is 0 Å². The van der Waals surface area contributed by atoms with Gasteiger partial charge in [0.2, 0.25) is 0 Å². The SMILES string of the molecule is O=C(c1cccc(C(=O)N2CCc3ccccc3C2)n1)N1CCc2ccccc2C1. The summed E-state index contributed by atoms with van der Waals surface area (Å²) < 4.78 is 0. The van der Waals surface area contributed by atoms with Gasteiger partial charge in [0, 0.05) is 26.2 Å². The normalized spacial score (nSPS) is 15.3. The molecule has 0 N–H and O–H groups in total. The molecular weight excluding hydrogens is 374 g/mol. The molecule has 0 fully saturated rings. The van der Waals surface area contributed by atoms with Crippen LogP contribution in [0.1, 0.15) is 43.2 Å². The average Bonchev–Trinajstić information content (AvgIpc) is 2.82. The molecule has 5 nitrogen and oxygen atoms in total. The van der Waals surface area contributed by atoms with Gasteiger partial charge in [-0.05, 0) is 47.2 Å². The molecule has 3 aromatic rings. The lowest BCUT2D eigenvalue weighted by Gasteiger charge is -2.29. The maximum atomic E-state index is 13.1. The molecular formula is C25H23N3O2. The van der Waals surface area contributed by atoms with E-state index in [1.165, 1.54) is 22.3 Å². The summed E-state index contributed by atoms with van der Waals surface area (Å²) in [6.07, 6.45) is 1.68. The number of aromatic nitrogens is 1. The zero-order chi connectivity index (χ0) is 20.5. The van der Waals surface area contributed by atoms with E-state index in [2.05, 4.69) is 29.2 Å². The Bertz CT molecular complexity index is 1040. The molecule has 0 atom stereocenters. The molecule has 5 rings (SSSR count). The van der Waals surface area contributed by atoms with E-state index in [-0.39, 0.29) is 11.8 Å². The number of benzene rings is 2. The molecule has 150 valence electrons. The Hall–Kier alpha value is -3.47. The zero-order valence-electron chi connectivity index (χ0n) is 16.8. The third kappa shape index (κ3) is 3.47. The highest BCUT2D eigenvalue weighted by Crippen LogP contribution is 2.22. The predicted octanol–water partition coefficient (Wildman–Crippen LogP) is 3.48. The minimum Gasteiger partial charge on any atom is -0.333 e. The third-order valence-corrected chi connectivity index (χ3v) is 6.02. The lowest BCUT2D eigenvalue weighted by Crippen LogP contribution is -2.38. The fraction of sp³-hybridized carbons (Fsp3) is 0.240. The van der Waals surface area contributed by atoms with Crippen LogP contribution in [0.25, 0.3) is 0 Å². The van der Waals surface area contributed by atoms with Crippen molar-refractivity contribution in [3.8, 4) is 0 Å². The topological polar surface area (TPSA) is 53.5 Å². The Kier molecular flexibility index (Phi) is 4.79. The molecule has 3 heterocycles. The molecule has 0 unspecified atom stereocenters. The zero-order valence-corrected chi connectivity index (χ0v) is 16.8. The molecule has 5 heteroatoms. The number of rotatable bonds is 2. The van der Waals surface area contributed by atoms with Gasteiger partial charge in [-0.25, -0.2) is 4.98 Å². The van der Waals surface area contributed by atoms with Crippen LogP contribution in [0.15, 0.2) is 66.7 Å². The first-order chi connectivity index (χ1) is 14.7. The second kappa shape index (κ2) is 7.75. The molecule has 0 spiro atoms. The summed E-state index contributed by atoms with van der Waals surface area (Å²) in [5.41, 5.74) is 5.61. The van der Waals surface area contributed by atoms with Gasteiger partial charge in [0.05, 0.1) is 0 Å². The minimum absolute atomic E-state index is 0.122. The van der Waals surface area contributed by atoms with Crippen molar-refractivity contribution in [2.24, 2.45) is 0 Å². The van der Waals surface area contributed by atoms with E-state index in [9.17, 15) is 9.59 Å². The highest BCUT2D eigenvalue weighted by atomic mass is 16.2. The maximum absolute atomic E-state index is 13.1. The number of fused-ring (bicyclic) bond motifs is 2. The number of amides is 2. The van der Waals surface area contributed by atoms with Gasteiger partial charge in [-0.15, -0.1) is 0 Å². The van der Waals surface area contributed by atoms with Crippen LogP contribution in [0.5, 0.6) is 0 Å². The van der Waals surface area contributed by atoms with Gasteiger partial charge in [0.15, 0.2) is 0 Å². The van der Waals surface area contributed by atoms with Crippen LogP contribution in [-0.4, -0.2) is 39.7 Å². The number of pyridine rings is 1. The first kappa shape index (κ1) is 18.6. The molecule has 0 bridgehead atoms. The molecule has 0 radical (unpaired) electrons. The van der Waals surface area contributed by atoms with Crippen molar-refractivity contribution in [3.05, 3.63) is 100 Å². The Morgan fingerprint density at radius 1 is 0.600 bits per heavy atom. The first-order valence-corrected chi connectivity index (χ1v) is 10.4. The minimum atomic E-state index is -0.122. The van der Waals surface area contributed by atoms with Crippen LogP contribution in [0.2, 0.25) is 0 Å². The second-order valence-electron chi connectivity index (χ2n) is 7.90. The molecule has 2 aromatic carbocycles. The van der Waals surface area contributed by atoms with Crippen molar-refractivity contribution < 1.29 is 9.59 Å². The van der Waals surface area contributed by atoms with E-state index in [1.54, 1.807) is 18.2 Å². The number of hydrogen-bond acceptors (Lipinski definition) is 3. The number of nitrogens with zero attached hydrogens (tertiary/aromatic N) is 3. The summed E-state index contributed by atoms with van der Waals surface area (Å²) in [5, 5.41) is 0. The Labute approximate surface area is 176 Å². The summed E-state index contributed by atoms with van der Waals surface area (Å²) >= 11 is 0. The van der Waals surface area contributed by atoms with Crippen LogP contribution < -0.4 is 0 Å². The fourth-order valence-corrected chi connectivity index (χ4v) is 4.34. The van der Waals surface area contributed by atoms with Crippen LogP contribution in [0, 0.1) is 0 Å². The summed E-state index contributed by atoms with van der Waals surface area (Å²) in [7, 11) is 0. The summed E-state index contributed by atoms with van der Waals surface area (Å²) in [5.74, 6) is -0.244. The quantitative estimate of drug-likeness (QED) is 0.665. The molecule has 2 aliphatic rings. The Balaban J connectivity index is 1.33. The summed E-state index contributed by atoms with van der Waals surface area (Å²) in [6, 6.07) is 21.6. The van der Waals surface area contributed by atoms with Crippen LogP contribution in [0.4, 0.5) is 0 Å².